The highest BCUT2D eigenvalue weighted by Crippen LogP contribution is 2.40. The summed E-state index contributed by atoms with van der Waals surface area (Å²) in [6.07, 6.45) is -24.8. The van der Waals surface area contributed by atoms with Gasteiger partial charge in [0.05, 0.1) is 34.0 Å². The Hall–Kier alpha value is -5.88. The first-order valence-corrected chi connectivity index (χ1v) is 20.9. The Morgan fingerprint density at radius 1 is 0.667 bits per heavy atom. The van der Waals surface area contributed by atoms with Crippen molar-refractivity contribution in [2.75, 3.05) is 34.0 Å². The van der Waals surface area contributed by atoms with Crippen LogP contribution in [0, 0.1) is 0 Å². The molecule has 4 aromatic rings. The molecule has 25 heteroatoms. The van der Waals surface area contributed by atoms with Gasteiger partial charge in [-0.25, -0.2) is 4.79 Å². The van der Waals surface area contributed by atoms with E-state index in [1.54, 1.807) is 0 Å². The van der Waals surface area contributed by atoms with Gasteiger partial charge in [0.1, 0.15) is 95.4 Å². The van der Waals surface area contributed by atoms with E-state index in [2.05, 4.69) is 0 Å². The van der Waals surface area contributed by atoms with Gasteiger partial charge in [0.25, 0.3) is 0 Å². The van der Waals surface area contributed by atoms with Crippen molar-refractivity contribution in [1.82, 2.24) is 0 Å². The molecule has 0 unspecified atom stereocenters. The summed E-state index contributed by atoms with van der Waals surface area (Å²) in [5.41, 5.74) is -1.05. The molecular weight excluding hydrogens is 928 g/mol. The molecule has 7 rings (SSSR count). The van der Waals surface area contributed by atoms with Crippen molar-refractivity contribution in [3.05, 3.63) is 70.4 Å². The fourth-order valence-corrected chi connectivity index (χ4v) is 7.67. The van der Waals surface area contributed by atoms with Crippen molar-refractivity contribution < 1.29 is 118 Å². The van der Waals surface area contributed by atoms with Crippen molar-refractivity contribution in [1.29, 1.82) is 0 Å². The van der Waals surface area contributed by atoms with Crippen LogP contribution in [0.1, 0.15) is 5.56 Å². The van der Waals surface area contributed by atoms with Crippen LogP contribution in [0.25, 0.3) is 28.4 Å². The molecule has 0 aliphatic carbocycles. The van der Waals surface area contributed by atoms with Crippen LogP contribution in [-0.4, -0.2) is 199 Å². The lowest BCUT2D eigenvalue weighted by molar-refractivity contribution is -0.323. The molecule has 4 heterocycles. The summed E-state index contributed by atoms with van der Waals surface area (Å²) >= 11 is 0. The van der Waals surface area contributed by atoms with E-state index >= 15 is 0 Å². The Labute approximate surface area is 388 Å². The highest BCUT2D eigenvalue weighted by Gasteiger charge is 2.50. The highest BCUT2D eigenvalue weighted by atomic mass is 16.7. The molecular formula is C44H50O25. The molecule has 3 aromatic carbocycles. The third kappa shape index (κ3) is 10.5. The van der Waals surface area contributed by atoms with E-state index in [0.717, 1.165) is 18.2 Å². The van der Waals surface area contributed by atoms with Crippen LogP contribution < -0.4 is 24.4 Å². The number of carbonyl (C=O) groups is 1. The first-order valence-electron chi connectivity index (χ1n) is 20.9. The summed E-state index contributed by atoms with van der Waals surface area (Å²) in [4.78, 5) is 27.0. The van der Waals surface area contributed by atoms with Crippen molar-refractivity contribution in [3.63, 3.8) is 0 Å². The number of phenolic OH excluding ortho intramolecular Hbond substituents is 3. The van der Waals surface area contributed by atoms with Crippen LogP contribution >= 0.6 is 0 Å². The Balaban J connectivity index is 1.09. The van der Waals surface area contributed by atoms with Crippen LogP contribution in [0.15, 0.2) is 63.8 Å². The minimum Gasteiger partial charge on any atom is -0.508 e. The van der Waals surface area contributed by atoms with Crippen LogP contribution in [0.2, 0.25) is 0 Å². The second-order valence-corrected chi connectivity index (χ2v) is 15.9. The van der Waals surface area contributed by atoms with Gasteiger partial charge in [-0.3, -0.25) is 4.79 Å². The number of benzene rings is 3. The second kappa shape index (κ2) is 21.4. The first-order chi connectivity index (χ1) is 32.9. The monoisotopic (exact) mass is 978 g/mol. The van der Waals surface area contributed by atoms with Crippen LogP contribution in [0.5, 0.6) is 40.2 Å². The third-order valence-corrected chi connectivity index (χ3v) is 11.5. The number of esters is 1. The normalized spacial score (nSPS) is 31.6. The summed E-state index contributed by atoms with van der Waals surface area (Å²) in [7, 11) is 2.60. The molecule has 3 aliphatic heterocycles. The largest absolute Gasteiger partial charge is 0.508 e. The third-order valence-electron chi connectivity index (χ3n) is 11.5. The number of fused-ring (bicyclic) bond motifs is 1. The van der Waals surface area contributed by atoms with Gasteiger partial charge in [-0.15, -0.1) is 0 Å². The van der Waals surface area contributed by atoms with E-state index in [4.69, 9.17) is 47.0 Å². The minimum absolute atomic E-state index is 0.0288. The van der Waals surface area contributed by atoms with Crippen molar-refractivity contribution >= 4 is 23.0 Å². The molecule has 13 N–H and O–H groups in total. The number of hydrogen-bond acceptors (Lipinski definition) is 25. The van der Waals surface area contributed by atoms with Gasteiger partial charge in [0.2, 0.25) is 29.5 Å². The molecule has 3 aliphatic rings. The van der Waals surface area contributed by atoms with E-state index < -0.39 is 140 Å². The maximum absolute atomic E-state index is 14.1. The summed E-state index contributed by atoms with van der Waals surface area (Å²) in [6, 6.07) is 9.80. The van der Waals surface area contributed by atoms with Crippen molar-refractivity contribution in [3.8, 4) is 51.6 Å². The first kappa shape index (κ1) is 51.0. The maximum atomic E-state index is 14.1. The van der Waals surface area contributed by atoms with E-state index in [9.17, 15) is 76.0 Å². The number of methoxy groups -OCH3 is 2. The standard InChI is InChI=1S/C44H50O25/c1-60-22-9-16(10-23(61-2)29(22)50)3-8-27(49)68-40-32(53)25(14-46)65-42(38(40)59)62-15-26-31(52)35(56)36(57)43(67-26)63-19-11-20(48)28-21(12-19)64-39(17-4-6-18(47)7-5-17)41(33(28)54)69-44-37(58)34(55)30(51)24(13-45)66-44/h3-12,24-26,30-32,34-38,40,42-48,50-53,55-59H,13-15H2,1-2H3/b8-3+/t24-,25-,26-,30-,31-,32-,34+,35+,36-,37-,38-,40+,42-,43-,44+/m1/s1. The molecule has 0 amide bonds. The Morgan fingerprint density at radius 3 is 1.84 bits per heavy atom. The number of aliphatic hydroxyl groups excluding tert-OH is 10. The summed E-state index contributed by atoms with van der Waals surface area (Å²) in [5, 5.41) is 136. The Morgan fingerprint density at radius 2 is 1.23 bits per heavy atom. The molecule has 3 saturated heterocycles. The fourth-order valence-electron chi connectivity index (χ4n) is 7.67. The predicted octanol–water partition coefficient (Wildman–Crippen LogP) is -2.96. The molecule has 0 bridgehead atoms. The van der Waals surface area contributed by atoms with Gasteiger partial charge < -0.3 is 113 Å². The number of rotatable bonds is 15. The quantitative estimate of drug-likeness (QED) is 0.0418. The molecule has 0 radical (unpaired) electrons. The number of aromatic hydroxyl groups is 3. The van der Waals surface area contributed by atoms with Crippen LogP contribution in [0.4, 0.5) is 0 Å². The summed E-state index contributed by atoms with van der Waals surface area (Å²) in [5.74, 6) is -3.73. The van der Waals surface area contributed by atoms with E-state index in [0.29, 0.717) is 5.56 Å². The number of carbonyl (C=O) groups excluding carboxylic acids is 1. The molecule has 15 atom stereocenters. The molecule has 69 heavy (non-hydrogen) atoms. The SMILES string of the molecule is COc1cc(/C=C/C(=O)O[C@@H]2[C@@H](O)[C@H](OC[C@H]3O[C@@H](Oc4cc(O)c5c(=O)c(O[C@@H]6O[C@H](CO)[C@@H](O)[C@H](O)[C@H]6O)c(-c6ccc(O)cc6)oc5c4)[C@H](O)[C@@H](O)[C@@H]3O)O[C@H](CO)[C@H]2O)cc(OC)c1O. The van der Waals surface area contributed by atoms with Crippen LogP contribution in [-0.2, 0) is 28.5 Å². The Bertz CT molecular complexity index is 2490. The van der Waals surface area contributed by atoms with Crippen LogP contribution in [0.3, 0.4) is 0 Å². The van der Waals surface area contributed by atoms with E-state index in [-0.39, 0.29) is 45.7 Å². The smallest absolute Gasteiger partial charge is 0.331 e. The molecule has 3 fully saturated rings. The Kier molecular flexibility index (Phi) is 15.8. The van der Waals surface area contributed by atoms with Crippen molar-refractivity contribution in [2.24, 2.45) is 0 Å². The van der Waals surface area contributed by atoms with Gasteiger partial charge in [-0.2, -0.15) is 0 Å². The predicted molar refractivity (Wildman–Crippen MR) is 227 cm³/mol. The summed E-state index contributed by atoms with van der Waals surface area (Å²) < 4.78 is 55.3. The lowest BCUT2D eigenvalue weighted by Crippen LogP contribution is -2.62. The molecule has 0 spiro atoms. The molecule has 25 nitrogen and oxygen atoms in total. The zero-order valence-electron chi connectivity index (χ0n) is 36.3. The van der Waals surface area contributed by atoms with Gasteiger partial charge in [-0.05, 0) is 48.0 Å². The average molecular weight is 979 g/mol. The minimum atomic E-state index is -1.99. The molecule has 376 valence electrons. The lowest BCUT2D eigenvalue weighted by Gasteiger charge is -2.43. The van der Waals surface area contributed by atoms with Crippen molar-refractivity contribution in [2.45, 2.75) is 92.1 Å². The zero-order valence-corrected chi connectivity index (χ0v) is 36.3. The van der Waals surface area contributed by atoms with Gasteiger partial charge in [0, 0.05) is 23.8 Å². The average Bonchev–Trinajstić information content (AvgIpc) is 3.33. The second-order valence-electron chi connectivity index (χ2n) is 15.9. The number of phenols is 3. The number of aliphatic hydroxyl groups is 10. The number of ether oxygens (including phenoxy) is 9. The maximum Gasteiger partial charge on any atom is 0.331 e. The fraction of sp³-hybridized carbons (Fsp3) is 0.455. The highest BCUT2D eigenvalue weighted by molar-refractivity contribution is 5.89. The summed E-state index contributed by atoms with van der Waals surface area (Å²) in [6.45, 7) is -2.42. The molecule has 1 aromatic heterocycles. The zero-order chi connectivity index (χ0) is 50.0. The van der Waals surface area contributed by atoms with Gasteiger partial charge in [0.15, 0.2) is 29.7 Å². The van der Waals surface area contributed by atoms with Gasteiger partial charge >= 0.3 is 5.97 Å². The van der Waals surface area contributed by atoms with E-state index in [1.165, 1.54) is 56.7 Å². The number of hydrogen-bond donors (Lipinski definition) is 13. The van der Waals surface area contributed by atoms with Gasteiger partial charge in [-0.1, -0.05) is 0 Å². The molecule has 0 saturated carbocycles. The van der Waals surface area contributed by atoms with E-state index in [1.807, 2.05) is 0 Å². The topological polar surface area (TPSA) is 393 Å². The lowest BCUT2D eigenvalue weighted by atomic mass is 9.98.